The zero-order valence-corrected chi connectivity index (χ0v) is 13.0. The van der Waals surface area contributed by atoms with Crippen LogP contribution in [0.5, 0.6) is 0 Å². The number of nitrogens with zero attached hydrogens (tertiary/aromatic N) is 1. The number of aromatic amines is 1. The van der Waals surface area contributed by atoms with E-state index in [2.05, 4.69) is 27.0 Å². The lowest BCUT2D eigenvalue weighted by molar-refractivity contribution is 0.0732. The first kappa shape index (κ1) is 13.4. The van der Waals surface area contributed by atoms with Gasteiger partial charge in [-0.3, -0.25) is 4.79 Å². The number of likely N-dealkylation sites (tertiary alicyclic amines) is 1. The van der Waals surface area contributed by atoms with Gasteiger partial charge in [0.25, 0.3) is 5.91 Å². The molecule has 4 heteroatoms. The second kappa shape index (κ2) is 5.44. The summed E-state index contributed by atoms with van der Waals surface area (Å²) in [6.07, 6.45) is 3.99. The molecule has 1 aromatic heterocycles. The van der Waals surface area contributed by atoms with Gasteiger partial charge in [-0.15, -0.1) is 0 Å². The predicted molar refractivity (Wildman–Crippen MR) is 82.7 cm³/mol. The van der Waals surface area contributed by atoms with Gasteiger partial charge in [-0.25, -0.2) is 0 Å². The van der Waals surface area contributed by atoms with E-state index in [1.807, 2.05) is 42.3 Å². The van der Waals surface area contributed by atoms with Crippen molar-refractivity contribution in [2.45, 2.75) is 25.8 Å². The highest BCUT2D eigenvalue weighted by atomic mass is 79.9. The molecule has 1 atom stereocenters. The Morgan fingerprint density at radius 3 is 2.95 bits per heavy atom. The molecule has 0 radical (unpaired) electrons. The van der Waals surface area contributed by atoms with E-state index in [0.29, 0.717) is 0 Å². The van der Waals surface area contributed by atoms with E-state index < -0.39 is 0 Å². The van der Waals surface area contributed by atoms with Gasteiger partial charge in [0.2, 0.25) is 0 Å². The van der Waals surface area contributed by atoms with Crippen LogP contribution in [0.2, 0.25) is 0 Å². The van der Waals surface area contributed by atoms with Crippen molar-refractivity contribution in [3.63, 3.8) is 0 Å². The number of carbonyl (C=O) groups is 1. The Bertz CT molecular complexity index is 621. The standard InChI is InChI=1S/C16H17BrN2O/c1-11-6-7-12(13(17)10-11)16(20)19-9-3-5-15(19)14-4-2-8-18-14/h2,4,6-8,10,15,18H,3,5,9H2,1H3. The van der Waals surface area contributed by atoms with Crippen LogP contribution in [0.4, 0.5) is 0 Å². The Kier molecular flexibility index (Phi) is 3.66. The first-order chi connectivity index (χ1) is 9.66. The third kappa shape index (κ3) is 2.40. The highest BCUT2D eigenvalue weighted by molar-refractivity contribution is 9.10. The zero-order valence-electron chi connectivity index (χ0n) is 11.4. The van der Waals surface area contributed by atoms with E-state index in [-0.39, 0.29) is 11.9 Å². The summed E-state index contributed by atoms with van der Waals surface area (Å²) in [4.78, 5) is 18.0. The summed E-state index contributed by atoms with van der Waals surface area (Å²) < 4.78 is 0.875. The van der Waals surface area contributed by atoms with E-state index in [1.165, 1.54) is 0 Å². The fourth-order valence-electron chi connectivity index (χ4n) is 2.83. The molecule has 1 saturated heterocycles. The molecule has 1 aromatic carbocycles. The minimum atomic E-state index is 0.106. The Labute approximate surface area is 127 Å². The first-order valence-corrected chi connectivity index (χ1v) is 7.66. The highest BCUT2D eigenvalue weighted by Crippen LogP contribution is 2.33. The van der Waals surface area contributed by atoms with Crippen LogP contribution in [0.1, 0.15) is 40.5 Å². The number of H-pyrrole nitrogens is 1. The molecule has 104 valence electrons. The summed E-state index contributed by atoms with van der Waals surface area (Å²) in [5, 5.41) is 0. The van der Waals surface area contributed by atoms with Crippen LogP contribution in [-0.2, 0) is 0 Å². The van der Waals surface area contributed by atoms with Crippen molar-refractivity contribution >= 4 is 21.8 Å². The molecule has 0 saturated carbocycles. The van der Waals surface area contributed by atoms with Crippen LogP contribution < -0.4 is 0 Å². The molecule has 0 aliphatic carbocycles. The van der Waals surface area contributed by atoms with Crippen molar-refractivity contribution in [1.82, 2.24) is 9.88 Å². The summed E-state index contributed by atoms with van der Waals surface area (Å²) in [5.74, 6) is 0.106. The molecule has 20 heavy (non-hydrogen) atoms. The van der Waals surface area contributed by atoms with Gasteiger partial charge in [0, 0.05) is 22.9 Å². The lowest BCUT2D eigenvalue weighted by Crippen LogP contribution is -2.31. The summed E-state index contributed by atoms with van der Waals surface area (Å²) in [6.45, 7) is 2.85. The quantitative estimate of drug-likeness (QED) is 0.884. The predicted octanol–water partition coefficient (Wildman–Crippen LogP) is 4.06. The van der Waals surface area contributed by atoms with Crippen molar-refractivity contribution in [2.75, 3.05) is 6.54 Å². The number of rotatable bonds is 2. The smallest absolute Gasteiger partial charge is 0.255 e. The van der Waals surface area contributed by atoms with E-state index in [9.17, 15) is 4.79 Å². The van der Waals surface area contributed by atoms with Gasteiger partial charge < -0.3 is 9.88 Å². The summed E-state index contributed by atoms with van der Waals surface area (Å²) >= 11 is 3.51. The number of amides is 1. The minimum Gasteiger partial charge on any atom is -0.363 e. The number of carbonyl (C=O) groups excluding carboxylic acids is 1. The number of halogens is 1. The minimum absolute atomic E-state index is 0.106. The van der Waals surface area contributed by atoms with Gasteiger partial charge in [-0.1, -0.05) is 6.07 Å². The third-order valence-electron chi connectivity index (χ3n) is 3.85. The zero-order chi connectivity index (χ0) is 14.1. The highest BCUT2D eigenvalue weighted by Gasteiger charge is 2.31. The average Bonchev–Trinajstić information content (AvgIpc) is 3.09. The molecule has 1 amide bonds. The third-order valence-corrected chi connectivity index (χ3v) is 4.51. The summed E-state index contributed by atoms with van der Waals surface area (Å²) in [6, 6.07) is 10.1. The number of hydrogen-bond acceptors (Lipinski definition) is 1. The van der Waals surface area contributed by atoms with E-state index in [1.54, 1.807) is 0 Å². The van der Waals surface area contributed by atoms with Gasteiger partial charge in [-0.2, -0.15) is 0 Å². The summed E-state index contributed by atoms with van der Waals surface area (Å²) in [7, 11) is 0. The molecule has 1 unspecified atom stereocenters. The van der Waals surface area contributed by atoms with Crippen LogP contribution >= 0.6 is 15.9 Å². The van der Waals surface area contributed by atoms with E-state index in [4.69, 9.17) is 0 Å². The average molecular weight is 333 g/mol. The normalized spacial score (nSPS) is 18.5. The maximum absolute atomic E-state index is 12.8. The van der Waals surface area contributed by atoms with Crippen molar-refractivity contribution in [1.29, 1.82) is 0 Å². The summed E-state index contributed by atoms with van der Waals surface area (Å²) in [5.41, 5.74) is 3.02. The largest absolute Gasteiger partial charge is 0.363 e. The molecule has 2 aromatic rings. The fourth-order valence-corrected chi connectivity index (χ4v) is 3.50. The van der Waals surface area contributed by atoms with Crippen molar-refractivity contribution < 1.29 is 4.79 Å². The molecule has 1 aliphatic rings. The molecular weight excluding hydrogens is 316 g/mol. The van der Waals surface area contributed by atoms with Crippen LogP contribution in [0.15, 0.2) is 41.0 Å². The maximum atomic E-state index is 12.8. The number of aromatic nitrogens is 1. The molecule has 3 rings (SSSR count). The van der Waals surface area contributed by atoms with Crippen molar-refractivity contribution in [2.24, 2.45) is 0 Å². The fraction of sp³-hybridized carbons (Fsp3) is 0.312. The Hall–Kier alpha value is -1.55. The van der Waals surface area contributed by atoms with E-state index >= 15 is 0 Å². The van der Waals surface area contributed by atoms with Crippen LogP contribution in [0, 0.1) is 6.92 Å². The molecule has 0 bridgehead atoms. The van der Waals surface area contributed by atoms with E-state index in [0.717, 1.165) is 40.7 Å². The second-order valence-corrected chi connectivity index (χ2v) is 6.12. The van der Waals surface area contributed by atoms with Gasteiger partial charge in [0.1, 0.15) is 0 Å². The molecular formula is C16H17BrN2O. The lowest BCUT2D eigenvalue weighted by Gasteiger charge is -2.24. The maximum Gasteiger partial charge on any atom is 0.255 e. The molecule has 2 heterocycles. The van der Waals surface area contributed by atoms with Crippen molar-refractivity contribution in [3.05, 3.63) is 57.8 Å². The SMILES string of the molecule is Cc1ccc(C(=O)N2CCCC2c2ccc[nH]2)c(Br)c1. The van der Waals surface area contributed by atoms with Crippen LogP contribution in [-0.4, -0.2) is 22.3 Å². The van der Waals surface area contributed by atoms with Crippen LogP contribution in [0.3, 0.4) is 0 Å². The molecule has 3 nitrogen and oxygen atoms in total. The van der Waals surface area contributed by atoms with Gasteiger partial charge >= 0.3 is 0 Å². The van der Waals surface area contributed by atoms with Crippen LogP contribution in [0.25, 0.3) is 0 Å². The Balaban J connectivity index is 1.89. The second-order valence-electron chi connectivity index (χ2n) is 5.27. The molecule has 0 spiro atoms. The van der Waals surface area contributed by atoms with Gasteiger partial charge in [0.05, 0.1) is 11.6 Å². The first-order valence-electron chi connectivity index (χ1n) is 6.87. The molecule has 1 N–H and O–H groups in total. The molecule has 1 aliphatic heterocycles. The monoisotopic (exact) mass is 332 g/mol. The molecule has 1 fully saturated rings. The number of nitrogens with one attached hydrogen (secondary N) is 1. The van der Waals surface area contributed by atoms with Crippen molar-refractivity contribution in [3.8, 4) is 0 Å². The lowest BCUT2D eigenvalue weighted by atomic mass is 10.1. The van der Waals surface area contributed by atoms with Gasteiger partial charge in [-0.05, 0) is 65.5 Å². The topological polar surface area (TPSA) is 36.1 Å². The Morgan fingerprint density at radius 2 is 2.25 bits per heavy atom. The number of aryl methyl sites for hydroxylation is 1. The number of benzene rings is 1. The van der Waals surface area contributed by atoms with Gasteiger partial charge in [0.15, 0.2) is 0 Å². The number of hydrogen-bond donors (Lipinski definition) is 1. The Morgan fingerprint density at radius 1 is 1.40 bits per heavy atom.